The molecule has 0 aliphatic rings. The molecule has 13 heteroatoms. The van der Waals surface area contributed by atoms with Crippen LogP contribution >= 0.6 is 12.4 Å². The van der Waals surface area contributed by atoms with Crippen LogP contribution < -0.4 is 0 Å². The second kappa shape index (κ2) is 29.4. The van der Waals surface area contributed by atoms with Crippen molar-refractivity contribution in [3.05, 3.63) is 292 Å². The Bertz CT molecular complexity index is 3860. The van der Waals surface area contributed by atoms with Gasteiger partial charge in [-0.1, -0.05) is 218 Å². The van der Waals surface area contributed by atoms with Gasteiger partial charge in [-0.3, -0.25) is 29.9 Å². The molecule has 0 atom stereocenters. The Balaban J connectivity index is 0.000000196. The van der Waals surface area contributed by atoms with E-state index in [9.17, 15) is 0 Å². The van der Waals surface area contributed by atoms with Gasteiger partial charge in [-0.15, -0.1) is 12.4 Å². The van der Waals surface area contributed by atoms with Gasteiger partial charge >= 0.3 is 0 Å². The molecule has 0 aliphatic carbocycles. The fourth-order valence-electron chi connectivity index (χ4n) is 10.7. The average Bonchev–Trinajstić information content (AvgIpc) is 2.48. The van der Waals surface area contributed by atoms with Crippen LogP contribution in [0.25, 0.3) is 132 Å². The number of aromatic nitrogens is 6. The number of benzene rings is 9. The Labute approximate surface area is 510 Å². The molecule has 0 aliphatic heterocycles. The van der Waals surface area contributed by atoms with Crippen LogP contribution in [-0.2, 0) is 19.5 Å². The molecule has 0 fully saturated rings. The van der Waals surface area contributed by atoms with E-state index in [1.54, 1.807) is 0 Å². The van der Waals surface area contributed by atoms with Gasteiger partial charge in [-0.25, -0.2) is 0 Å². The molecule has 0 unspecified atom stereocenters. The minimum absolute atomic E-state index is 0. The molecule has 0 saturated heterocycles. The first-order valence-corrected chi connectivity index (χ1v) is 26.1. The maximum Gasteiger partial charge on any atom is 0.0970 e. The largest absolute Gasteiger partial charge is 0.412 e. The van der Waals surface area contributed by atoms with Crippen molar-refractivity contribution >= 4 is 77.8 Å². The van der Waals surface area contributed by atoms with E-state index in [2.05, 4.69) is 248 Å². The predicted octanol–water partition coefficient (Wildman–Crippen LogP) is 14.6. The van der Waals surface area contributed by atoms with Crippen molar-refractivity contribution in [2.75, 3.05) is 0 Å². The molecule has 422 valence electrons. The van der Waals surface area contributed by atoms with Crippen LogP contribution in [0.5, 0.6) is 0 Å². The normalized spacial score (nSPS) is 10.2. The van der Waals surface area contributed by atoms with Gasteiger partial charge in [-0.2, -0.15) is 0 Å². The minimum atomic E-state index is 0. The van der Waals surface area contributed by atoms with Gasteiger partial charge in [0.1, 0.15) is 0 Å². The van der Waals surface area contributed by atoms with Gasteiger partial charge < -0.3 is 27.4 Å². The van der Waals surface area contributed by atoms with Crippen molar-refractivity contribution in [2.45, 2.75) is 0 Å². The van der Waals surface area contributed by atoms with E-state index >= 15 is 0 Å². The van der Waals surface area contributed by atoms with Crippen molar-refractivity contribution in [3.8, 4) is 66.8 Å². The van der Waals surface area contributed by atoms with E-state index in [0.717, 1.165) is 65.4 Å². The van der Waals surface area contributed by atoms with Gasteiger partial charge in [-0.05, 0) is 103 Å². The standard InChI is InChI=1S/3C24H16N2.ClH.5H2O.Ru/c3*1-3-7-17(8-4-1)19-13-15-25-23-21(19)11-12-22-20(14-16-26-24(22)23)18-9-5-2-6-10-18;;;;;;;/h3*1-16H;1H;5*1H2;. The van der Waals surface area contributed by atoms with Crippen molar-refractivity contribution in [3.63, 3.8) is 0 Å². The second-order valence-corrected chi connectivity index (χ2v) is 18.9. The zero-order valence-electron chi connectivity index (χ0n) is 45.7. The second-order valence-electron chi connectivity index (χ2n) is 18.9. The smallest absolute Gasteiger partial charge is 0.0970 e. The van der Waals surface area contributed by atoms with E-state index in [0.29, 0.717) is 0 Å². The fraction of sp³-hybridized carbons (Fsp3) is 0. The summed E-state index contributed by atoms with van der Waals surface area (Å²) in [6.07, 6.45) is 11.3. The van der Waals surface area contributed by atoms with Crippen LogP contribution in [0.1, 0.15) is 0 Å². The van der Waals surface area contributed by atoms with Gasteiger partial charge in [0.25, 0.3) is 0 Å². The number of hydrogen-bond acceptors (Lipinski definition) is 6. The summed E-state index contributed by atoms with van der Waals surface area (Å²) in [4.78, 5) is 28.0. The zero-order chi connectivity index (χ0) is 52.0. The molecule has 10 N–H and O–H groups in total. The summed E-state index contributed by atoms with van der Waals surface area (Å²) in [5.41, 5.74) is 19.9. The van der Waals surface area contributed by atoms with E-state index in [1.165, 1.54) is 66.8 Å². The van der Waals surface area contributed by atoms with Gasteiger partial charge in [0.2, 0.25) is 0 Å². The Morgan fingerprint density at radius 1 is 0.165 bits per heavy atom. The predicted molar refractivity (Wildman–Crippen MR) is 349 cm³/mol. The molecule has 0 amide bonds. The van der Waals surface area contributed by atoms with Crippen molar-refractivity contribution < 1.29 is 46.9 Å². The van der Waals surface area contributed by atoms with Crippen LogP contribution in [0.2, 0.25) is 0 Å². The molecule has 11 nitrogen and oxygen atoms in total. The third kappa shape index (κ3) is 12.9. The Kier molecular flexibility index (Phi) is 22.3. The summed E-state index contributed by atoms with van der Waals surface area (Å²) in [5.74, 6) is 0. The summed E-state index contributed by atoms with van der Waals surface area (Å²) in [6.45, 7) is 0. The molecule has 85 heavy (non-hydrogen) atoms. The monoisotopic (exact) mass is 1220 g/mol. The Morgan fingerprint density at radius 2 is 0.294 bits per heavy atom. The first-order chi connectivity index (χ1) is 38.7. The topological polar surface area (TPSA) is 235 Å². The SMILES string of the molecule is Cl.O.O.O.O.O.[Ru].c1ccc(-c2ccnc3c2ccc2c(-c4ccccc4)ccnc23)cc1.c1ccc(-c2ccnc3c2ccc2c(-c4ccccc4)ccnc23)cc1.c1ccc(-c2ccnc3c2ccc2c(-c4ccccc4)ccnc23)cc1. The molecule has 0 radical (unpaired) electrons. The van der Waals surface area contributed by atoms with Crippen LogP contribution in [0.4, 0.5) is 0 Å². The Hall–Kier alpha value is -9.85. The quantitative estimate of drug-likeness (QED) is 0.116. The molecule has 6 aromatic heterocycles. The third-order valence-corrected chi connectivity index (χ3v) is 14.4. The van der Waals surface area contributed by atoms with E-state index < -0.39 is 0 Å². The van der Waals surface area contributed by atoms with Crippen LogP contribution in [-0.4, -0.2) is 57.3 Å². The number of fused-ring (bicyclic) bond motifs is 9. The molecular formula is C72H59ClN6O5Ru. The van der Waals surface area contributed by atoms with Crippen molar-refractivity contribution in [1.29, 1.82) is 0 Å². The zero-order valence-corrected chi connectivity index (χ0v) is 48.2. The number of nitrogens with zero attached hydrogens (tertiary/aromatic N) is 6. The summed E-state index contributed by atoms with van der Waals surface area (Å²) < 4.78 is 0. The number of halogens is 1. The average molecular weight is 1220 g/mol. The molecule has 6 heterocycles. The molecule has 0 bridgehead atoms. The first kappa shape index (κ1) is 64.3. The first-order valence-electron chi connectivity index (χ1n) is 26.1. The molecule has 9 aromatic carbocycles. The molecular weight excluding hydrogens is 1170 g/mol. The van der Waals surface area contributed by atoms with Gasteiger partial charge in [0, 0.05) is 89.0 Å². The van der Waals surface area contributed by atoms with Crippen LogP contribution in [0.3, 0.4) is 0 Å². The maximum atomic E-state index is 4.67. The van der Waals surface area contributed by atoms with Crippen molar-refractivity contribution in [1.82, 2.24) is 29.9 Å². The minimum Gasteiger partial charge on any atom is -0.412 e. The third-order valence-electron chi connectivity index (χ3n) is 14.4. The maximum absolute atomic E-state index is 4.67. The number of pyridine rings is 6. The summed E-state index contributed by atoms with van der Waals surface area (Å²) in [5, 5.41) is 6.77. The van der Waals surface area contributed by atoms with Gasteiger partial charge in [0.05, 0.1) is 33.1 Å². The molecule has 15 rings (SSSR count). The van der Waals surface area contributed by atoms with Crippen LogP contribution in [0, 0.1) is 0 Å². The van der Waals surface area contributed by atoms with Crippen LogP contribution in [0.15, 0.2) is 292 Å². The summed E-state index contributed by atoms with van der Waals surface area (Å²) in [7, 11) is 0. The summed E-state index contributed by atoms with van der Waals surface area (Å²) >= 11 is 0. The van der Waals surface area contributed by atoms with E-state index in [-0.39, 0.29) is 59.3 Å². The molecule has 15 aromatic rings. The van der Waals surface area contributed by atoms with E-state index in [4.69, 9.17) is 0 Å². The van der Waals surface area contributed by atoms with Gasteiger partial charge in [0.15, 0.2) is 0 Å². The number of rotatable bonds is 6. The Morgan fingerprint density at radius 3 is 0.424 bits per heavy atom. The fourth-order valence-corrected chi connectivity index (χ4v) is 10.7. The summed E-state index contributed by atoms with van der Waals surface area (Å²) in [6, 6.07) is 88.0. The van der Waals surface area contributed by atoms with E-state index in [1.807, 2.05) is 73.6 Å². The molecule has 0 spiro atoms. The van der Waals surface area contributed by atoms with Crippen molar-refractivity contribution in [2.24, 2.45) is 0 Å². The molecule has 0 saturated carbocycles. The number of hydrogen-bond donors (Lipinski definition) is 0.